The van der Waals surface area contributed by atoms with Crippen molar-refractivity contribution in [1.82, 2.24) is 10.5 Å². The van der Waals surface area contributed by atoms with E-state index < -0.39 is 5.97 Å². The number of carboxylic acid groups (broad SMARTS) is 1. The van der Waals surface area contributed by atoms with Crippen molar-refractivity contribution >= 4 is 11.9 Å². The first-order chi connectivity index (χ1) is 9.41. The van der Waals surface area contributed by atoms with Crippen LogP contribution in [0.5, 0.6) is 0 Å². The lowest BCUT2D eigenvalue weighted by Gasteiger charge is -2.11. The van der Waals surface area contributed by atoms with E-state index in [4.69, 9.17) is 9.63 Å². The summed E-state index contributed by atoms with van der Waals surface area (Å²) in [5.74, 6) is -0.0271. The summed E-state index contributed by atoms with van der Waals surface area (Å²) in [5.41, 5.74) is 1.82. The van der Waals surface area contributed by atoms with Gasteiger partial charge in [-0.1, -0.05) is 12.1 Å². The van der Waals surface area contributed by atoms with Crippen molar-refractivity contribution < 1.29 is 19.2 Å². The Morgan fingerprint density at radius 2 is 2.05 bits per heavy atom. The molecule has 1 amide bonds. The Labute approximate surface area is 118 Å². The van der Waals surface area contributed by atoms with E-state index in [1.807, 2.05) is 20.8 Å². The molecule has 0 aromatic carbocycles. The molecule has 0 radical (unpaired) electrons. The Bertz CT molecular complexity index is 448. The van der Waals surface area contributed by atoms with Crippen LogP contribution in [0.15, 0.2) is 4.52 Å². The second-order valence-corrected chi connectivity index (χ2v) is 5.04. The van der Waals surface area contributed by atoms with Crippen molar-refractivity contribution in [3.8, 4) is 0 Å². The summed E-state index contributed by atoms with van der Waals surface area (Å²) < 4.78 is 5.10. The fourth-order valence-corrected chi connectivity index (χ4v) is 2.27. The third-order valence-electron chi connectivity index (χ3n) is 3.21. The molecule has 0 fully saturated rings. The maximum Gasteiger partial charge on any atom is 0.303 e. The Morgan fingerprint density at radius 1 is 1.35 bits per heavy atom. The molecule has 0 aliphatic carbocycles. The number of carbonyl (C=O) groups excluding carboxylic acids is 1. The lowest BCUT2D eigenvalue weighted by Crippen LogP contribution is -2.25. The van der Waals surface area contributed by atoms with Crippen LogP contribution in [0.2, 0.25) is 0 Å². The second kappa shape index (κ2) is 7.67. The number of unbranched alkanes of at least 4 members (excludes halogenated alkanes) is 1. The van der Waals surface area contributed by atoms with Gasteiger partial charge in [0.2, 0.25) is 5.91 Å². The number of aromatic nitrogens is 1. The van der Waals surface area contributed by atoms with Gasteiger partial charge in [-0.25, -0.2) is 0 Å². The topological polar surface area (TPSA) is 92.4 Å². The van der Waals surface area contributed by atoms with Crippen molar-refractivity contribution in [2.24, 2.45) is 0 Å². The first-order valence-electron chi connectivity index (χ1n) is 6.83. The molecule has 1 unspecified atom stereocenters. The molecule has 0 aliphatic rings. The van der Waals surface area contributed by atoms with Crippen LogP contribution >= 0.6 is 0 Å². The smallest absolute Gasteiger partial charge is 0.303 e. The van der Waals surface area contributed by atoms with Crippen LogP contribution in [0.25, 0.3) is 0 Å². The number of hydrogen-bond donors (Lipinski definition) is 2. The third kappa shape index (κ3) is 5.03. The number of nitrogens with one attached hydrogen (secondary N) is 1. The summed E-state index contributed by atoms with van der Waals surface area (Å²) in [6.07, 6.45) is 1.78. The molecule has 0 aliphatic heterocycles. The van der Waals surface area contributed by atoms with Gasteiger partial charge in [-0.3, -0.25) is 9.59 Å². The minimum absolute atomic E-state index is 0.0344. The molecule has 6 nitrogen and oxygen atoms in total. The average Bonchev–Trinajstić information content (AvgIpc) is 2.68. The standard InChI is InChI=1S/C14H22N2O4/c1-9(14-10(2)16-20-11(14)3)8-12(17)15-7-5-4-6-13(18)19/h9H,4-8H2,1-3H3,(H,15,17)(H,18,19). The molecule has 6 heteroatoms. The van der Waals surface area contributed by atoms with Crippen LogP contribution in [0.4, 0.5) is 0 Å². The number of nitrogens with zero attached hydrogens (tertiary/aromatic N) is 1. The van der Waals surface area contributed by atoms with Crippen molar-refractivity contribution in [3.05, 3.63) is 17.0 Å². The summed E-state index contributed by atoms with van der Waals surface area (Å²) >= 11 is 0. The Morgan fingerprint density at radius 3 is 2.60 bits per heavy atom. The molecule has 1 aromatic rings. The first kappa shape index (κ1) is 16.2. The predicted molar refractivity (Wildman–Crippen MR) is 73.5 cm³/mol. The third-order valence-corrected chi connectivity index (χ3v) is 3.21. The summed E-state index contributed by atoms with van der Waals surface area (Å²) in [6.45, 7) is 6.19. The Kier molecular flexibility index (Phi) is 6.21. The van der Waals surface area contributed by atoms with E-state index in [0.717, 1.165) is 17.0 Å². The monoisotopic (exact) mass is 282 g/mol. The van der Waals surface area contributed by atoms with E-state index >= 15 is 0 Å². The van der Waals surface area contributed by atoms with E-state index in [1.54, 1.807) is 0 Å². The van der Waals surface area contributed by atoms with Crippen molar-refractivity contribution in [3.63, 3.8) is 0 Å². The van der Waals surface area contributed by atoms with Crippen LogP contribution < -0.4 is 5.32 Å². The summed E-state index contributed by atoms with van der Waals surface area (Å²) in [5, 5.41) is 15.2. The largest absolute Gasteiger partial charge is 0.481 e. The van der Waals surface area contributed by atoms with Crippen molar-refractivity contribution in [2.75, 3.05) is 6.54 Å². The fraction of sp³-hybridized carbons (Fsp3) is 0.643. The van der Waals surface area contributed by atoms with E-state index in [-0.39, 0.29) is 18.2 Å². The molecule has 1 rings (SSSR count). The van der Waals surface area contributed by atoms with Gasteiger partial charge in [0, 0.05) is 24.9 Å². The molecule has 2 N–H and O–H groups in total. The fourth-order valence-electron chi connectivity index (χ4n) is 2.27. The van der Waals surface area contributed by atoms with Gasteiger partial charge in [0.25, 0.3) is 0 Å². The molecule has 0 spiro atoms. The molecule has 112 valence electrons. The lowest BCUT2D eigenvalue weighted by atomic mass is 9.96. The molecule has 20 heavy (non-hydrogen) atoms. The highest BCUT2D eigenvalue weighted by atomic mass is 16.5. The zero-order chi connectivity index (χ0) is 15.1. The first-order valence-corrected chi connectivity index (χ1v) is 6.83. The van der Waals surface area contributed by atoms with Gasteiger partial charge in [-0.2, -0.15) is 0 Å². The SMILES string of the molecule is Cc1noc(C)c1C(C)CC(=O)NCCCCC(=O)O. The van der Waals surface area contributed by atoms with Gasteiger partial charge in [0.05, 0.1) is 5.69 Å². The van der Waals surface area contributed by atoms with E-state index in [0.29, 0.717) is 25.8 Å². The minimum Gasteiger partial charge on any atom is -0.481 e. The molecule has 0 saturated heterocycles. The van der Waals surface area contributed by atoms with E-state index in [1.165, 1.54) is 0 Å². The average molecular weight is 282 g/mol. The number of aryl methyl sites for hydroxylation is 2. The summed E-state index contributed by atoms with van der Waals surface area (Å²) in [7, 11) is 0. The molecule has 1 atom stereocenters. The maximum atomic E-state index is 11.8. The number of aliphatic carboxylic acids is 1. The van der Waals surface area contributed by atoms with Crippen molar-refractivity contribution in [2.45, 2.75) is 52.4 Å². The zero-order valence-corrected chi connectivity index (χ0v) is 12.2. The number of hydrogen-bond acceptors (Lipinski definition) is 4. The van der Waals surface area contributed by atoms with Crippen molar-refractivity contribution in [1.29, 1.82) is 0 Å². The van der Waals surface area contributed by atoms with Crippen LogP contribution in [-0.2, 0) is 9.59 Å². The summed E-state index contributed by atoms with van der Waals surface area (Å²) in [6, 6.07) is 0. The maximum absolute atomic E-state index is 11.8. The Balaban J connectivity index is 2.30. The van der Waals surface area contributed by atoms with Gasteiger partial charge in [-0.15, -0.1) is 0 Å². The van der Waals surface area contributed by atoms with E-state index in [9.17, 15) is 9.59 Å². The van der Waals surface area contributed by atoms with Gasteiger partial charge in [-0.05, 0) is 32.6 Å². The zero-order valence-electron chi connectivity index (χ0n) is 12.2. The number of amides is 1. The number of rotatable bonds is 8. The lowest BCUT2D eigenvalue weighted by molar-refractivity contribution is -0.137. The Hall–Kier alpha value is -1.85. The van der Waals surface area contributed by atoms with Gasteiger partial charge >= 0.3 is 5.97 Å². The van der Waals surface area contributed by atoms with Crippen LogP contribution in [-0.4, -0.2) is 28.7 Å². The molecule has 1 heterocycles. The number of carbonyl (C=O) groups is 2. The predicted octanol–water partition coefficient (Wildman–Crippen LogP) is 2.16. The van der Waals surface area contributed by atoms with Gasteiger partial charge in [0.15, 0.2) is 0 Å². The molecule has 0 saturated carbocycles. The van der Waals surface area contributed by atoms with Gasteiger partial charge in [0.1, 0.15) is 5.76 Å². The minimum atomic E-state index is -0.802. The normalized spacial score (nSPS) is 12.2. The van der Waals surface area contributed by atoms with Crippen LogP contribution in [0.3, 0.4) is 0 Å². The van der Waals surface area contributed by atoms with Crippen LogP contribution in [0.1, 0.15) is 55.5 Å². The molecule has 0 bridgehead atoms. The molecular weight excluding hydrogens is 260 g/mol. The molecule has 1 aromatic heterocycles. The number of carboxylic acids is 1. The van der Waals surface area contributed by atoms with Crippen LogP contribution in [0, 0.1) is 13.8 Å². The second-order valence-electron chi connectivity index (χ2n) is 5.04. The summed E-state index contributed by atoms with van der Waals surface area (Å²) in [4.78, 5) is 22.1. The molecular formula is C14H22N2O4. The quantitative estimate of drug-likeness (QED) is 0.713. The highest BCUT2D eigenvalue weighted by molar-refractivity contribution is 5.76. The van der Waals surface area contributed by atoms with E-state index in [2.05, 4.69) is 10.5 Å². The highest BCUT2D eigenvalue weighted by Gasteiger charge is 2.18. The van der Waals surface area contributed by atoms with Gasteiger partial charge < -0.3 is 14.9 Å². The highest BCUT2D eigenvalue weighted by Crippen LogP contribution is 2.25.